The number of nitrogens with zero attached hydrogens (tertiary/aromatic N) is 1. The Morgan fingerprint density at radius 1 is 1.36 bits per heavy atom. The zero-order valence-electron chi connectivity index (χ0n) is 16.6. The van der Waals surface area contributed by atoms with Crippen molar-refractivity contribution in [1.29, 1.82) is 0 Å². The van der Waals surface area contributed by atoms with Gasteiger partial charge >= 0.3 is 0 Å². The third kappa shape index (κ3) is 5.78. The van der Waals surface area contributed by atoms with E-state index in [0.717, 1.165) is 64.2 Å². The van der Waals surface area contributed by atoms with E-state index in [1.165, 1.54) is 6.07 Å². The Morgan fingerprint density at radius 2 is 2.07 bits per heavy atom. The Bertz CT molecular complexity index is 659. The van der Waals surface area contributed by atoms with Gasteiger partial charge in [-0.1, -0.05) is 30.5 Å². The second-order valence-electron chi connectivity index (χ2n) is 7.95. The number of amides is 1. The number of aromatic hydroxyl groups is 1. The molecule has 156 valence electrons. The number of carbonyl (C=O) groups excluding carboxylic acids is 1. The summed E-state index contributed by atoms with van der Waals surface area (Å²) in [6.07, 6.45) is 5.53. The summed E-state index contributed by atoms with van der Waals surface area (Å²) in [5.41, 5.74) is 0.398. The smallest absolute Gasteiger partial charge is 0.255 e. The van der Waals surface area contributed by atoms with Crippen molar-refractivity contribution in [2.24, 2.45) is 11.3 Å². The Labute approximate surface area is 177 Å². The summed E-state index contributed by atoms with van der Waals surface area (Å²) in [5, 5.41) is 13.6. The van der Waals surface area contributed by atoms with E-state index in [9.17, 15) is 9.90 Å². The lowest BCUT2D eigenvalue weighted by Gasteiger charge is -2.44. The van der Waals surface area contributed by atoms with E-state index in [4.69, 9.17) is 16.3 Å². The first-order chi connectivity index (χ1) is 13.5. The van der Waals surface area contributed by atoms with E-state index in [2.05, 4.69) is 16.5 Å². The molecule has 2 aliphatic heterocycles. The molecule has 0 atom stereocenters. The van der Waals surface area contributed by atoms with Gasteiger partial charge in [0, 0.05) is 43.6 Å². The zero-order valence-corrected chi connectivity index (χ0v) is 18.2. The molecule has 0 spiro atoms. The van der Waals surface area contributed by atoms with Crippen molar-refractivity contribution in [3.8, 4) is 5.75 Å². The molecule has 1 amide bonds. The molecule has 0 radical (unpaired) electrons. The largest absolute Gasteiger partial charge is 0.507 e. The normalized spacial score (nSPS) is 20.8. The number of halogens is 1. The number of carbonyl (C=O) groups is 1. The minimum absolute atomic E-state index is 0.0716. The van der Waals surface area contributed by atoms with Gasteiger partial charge in [0.1, 0.15) is 5.75 Å². The molecule has 0 unspecified atom stereocenters. The molecule has 3 rings (SSSR count). The second kappa shape index (κ2) is 10.2. The highest BCUT2D eigenvalue weighted by molar-refractivity contribution is 7.96. The van der Waals surface area contributed by atoms with Gasteiger partial charge in [0.2, 0.25) is 0 Å². The SMILES string of the molecule is CCSN1CCC(CNC(=O)c2ccc(Cl)cc2O)(CC2CCOCC2)CC1. The van der Waals surface area contributed by atoms with E-state index in [1.807, 2.05) is 11.9 Å². The van der Waals surface area contributed by atoms with Gasteiger partial charge < -0.3 is 15.2 Å². The van der Waals surface area contributed by atoms with E-state index in [-0.39, 0.29) is 22.6 Å². The van der Waals surface area contributed by atoms with Gasteiger partial charge in [-0.2, -0.15) is 0 Å². The van der Waals surface area contributed by atoms with Crippen molar-refractivity contribution in [3.05, 3.63) is 28.8 Å². The molecule has 5 nitrogen and oxygen atoms in total. The number of piperidine rings is 1. The van der Waals surface area contributed by atoms with Crippen LogP contribution in [0.1, 0.15) is 49.4 Å². The highest BCUT2D eigenvalue weighted by atomic mass is 35.5. The Morgan fingerprint density at radius 3 is 2.71 bits per heavy atom. The summed E-state index contributed by atoms with van der Waals surface area (Å²) < 4.78 is 7.98. The maximum atomic E-state index is 12.7. The molecule has 1 aromatic carbocycles. The van der Waals surface area contributed by atoms with Gasteiger partial charge in [0.05, 0.1) is 5.56 Å². The summed E-state index contributed by atoms with van der Waals surface area (Å²) >= 11 is 7.79. The quantitative estimate of drug-likeness (QED) is 0.635. The highest BCUT2D eigenvalue weighted by Gasteiger charge is 2.37. The molecule has 0 aromatic heterocycles. The van der Waals surface area contributed by atoms with Gasteiger partial charge in [-0.15, -0.1) is 0 Å². The second-order valence-corrected chi connectivity index (χ2v) is 9.74. The molecule has 28 heavy (non-hydrogen) atoms. The van der Waals surface area contributed by atoms with Crippen LogP contribution in [-0.2, 0) is 4.74 Å². The number of benzene rings is 1. The molecule has 0 bridgehead atoms. The fourth-order valence-electron chi connectivity index (χ4n) is 4.35. The number of nitrogens with one attached hydrogen (secondary N) is 1. The third-order valence-corrected chi connectivity index (χ3v) is 7.21. The van der Waals surface area contributed by atoms with Crippen LogP contribution in [0.15, 0.2) is 18.2 Å². The first-order valence-electron chi connectivity index (χ1n) is 10.2. The standard InChI is InChI=1S/C21H31ClN2O3S/c1-2-28-24-9-7-21(8-10-24,14-16-5-11-27-12-6-16)15-23-20(26)18-4-3-17(22)13-19(18)25/h3-4,13,16,25H,2,5-12,14-15H2,1H3,(H,23,26). The lowest BCUT2D eigenvalue weighted by Crippen LogP contribution is -2.46. The van der Waals surface area contributed by atoms with Crippen molar-refractivity contribution < 1.29 is 14.6 Å². The molecule has 2 N–H and O–H groups in total. The van der Waals surface area contributed by atoms with Crippen LogP contribution in [0, 0.1) is 11.3 Å². The van der Waals surface area contributed by atoms with E-state index >= 15 is 0 Å². The molecule has 2 saturated heterocycles. The summed E-state index contributed by atoms with van der Waals surface area (Å²) in [5.74, 6) is 1.46. The maximum absolute atomic E-state index is 12.7. The lowest BCUT2D eigenvalue weighted by atomic mass is 9.71. The predicted molar refractivity (Wildman–Crippen MR) is 115 cm³/mol. The fourth-order valence-corrected chi connectivity index (χ4v) is 5.32. The zero-order chi connectivity index (χ0) is 20.0. The van der Waals surface area contributed by atoms with Crippen LogP contribution >= 0.6 is 23.5 Å². The molecule has 2 aliphatic rings. The van der Waals surface area contributed by atoms with Crippen molar-refractivity contribution in [2.45, 2.75) is 39.0 Å². The van der Waals surface area contributed by atoms with Crippen LogP contribution in [0.2, 0.25) is 5.02 Å². The number of phenols is 1. The van der Waals surface area contributed by atoms with Crippen LogP contribution in [0.3, 0.4) is 0 Å². The van der Waals surface area contributed by atoms with Crippen LogP contribution in [0.25, 0.3) is 0 Å². The minimum atomic E-state index is -0.231. The van der Waals surface area contributed by atoms with Gasteiger partial charge in [-0.05, 0) is 61.6 Å². The minimum Gasteiger partial charge on any atom is -0.507 e. The average Bonchev–Trinajstić information content (AvgIpc) is 2.69. The van der Waals surface area contributed by atoms with Gasteiger partial charge in [0.25, 0.3) is 5.91 Å². The van der Waals surface area contributed by atoms with Crippen LogP contribution in [0.4, 0.5) is 0 Å². The number of phenolic OH excluding ortho intramolecular Hbond substituents is 1. The first-order valence-corrected chi connectivity index (χ1v) is 11.6. The average molecular weight is 427 g/mol. The molecule has 2 heterocycles. The van der Waals surface area contributed by atoms with E-state index in [0.29, 0.717) is 17.5 Å². The predicted octanol–water partition coefficient (Wildman–Crippen LogP) is 4.34. The first kappa shape index (κ1) is 21.8. The third-order valence-electron chi connectivity index (χ3n) is 5.99. The van der Waals surface area contributed by atoms with Crippen molar-refractivity contribution >= 4 is 29.5 Å². The monoisotopic (exact) mass is 426 g/mol. The molecule has 0 aliphatic carbocycles. The lowest BCUT2D eigenvalue weighted by molar-refractivity contribution is 0.0341. The van der Waals surface area contributed by atoms with Gasteiger partial charge in [-0.3, -0.25) is 9.10 Å². The number of hydrogen-bond donors (Lipinski definition) is 2. The van der Waals surface area contributed by atoms with Gasteiger partial charge in [-0.25, -0.2) is 0 Å². The Balaban J connectivity index is 1.65. The number of ether oxygens (including phenoxy) is 1. The topological polar surface area (TPSA) is 61.8 Å². The molecule has 7 heteroatoms. The molecular formula is C21H31ClN2O3S. The molecule has 0 saturated carbocycles. The Kier molecular flexibility index (Phi) is 7.92. The maximum Gasteiger partial charge on any atom is 0.255 e. The summed E-state index contributed by atoms with van der Waals surface area (Å²) in [6, 6.07) is 4.63. The van der Waals surface area contributed by atoms with Crippen molar-refractivity contribution in [2.75, 3.05) is 38.6 Å². The van der Waals surface area contributed by atoms with E-state index < -0.39 is 0 Å². The number of rotatable bonds is 7. The number of hydrogen-bond acceptors (Lipinski definition) is 5. The van der Waals surface area contributed by atoms with Crippen molar-refractivity contribution in [3.63, 3.8) is 0 Å². The van der Waals surface area contributed by atoms with Gasteiger partial charge in [0.15, 0.2) is 0 Å². The van der Waals surface area contributed by atoms with E-state index in [1.54, 1.807) is 12.1 Å². The summed E-state index contributed by atoms with van der Waals surface area (Å²) in [6.45, 7) is 6.66. The Hall–Kier alpha value is -0.950. The summed E-state index contributed by atoms with van der Waals surface area (Å²) in [4.78, 5) is 12.7. The van der Waals surface area contributed by atoms with Crippen LogP contribution in [-0.4, -0.2) is 53.9 Å². The highest BCUT2D eigenvalue weighted by Crippen LogP contribution is 2.41. The molecular weight excluding hydrogens is 396 g/mol. The fraction of sp³-hybridized carbons (Fsp3) is 0.667. The molecule has 1 aromatic rings. The van der Waals surface area contributed by atoms with Crippen LogP contribution in [0.5, 0.6) is 5.75 Å². The summed E-state index contributed by atoms with van der Waals surface area (Å²) in [7, 11) is 0. The van der Waals surface area contributed by atoms with Crippen molar-refractivity contribution in [1.82, 2.24) is 9.62 Å². The van der Waals surface area contributed by atoms with Crippen LogP contribution < -0.4 is 5.32 Å². The molecule has 2 fully saturated rings.